The topological polar surface area (TPSA) is 108 Å². The fourth-order valence-electron chi connectivity index (χ4n) is 4.84. The van der Waals surface area contributed by atoms with Crippen molar-refractivity contribution < 1.29 is 24.1 Å². The van der Waals surface area contributed by atoms with Gasteiger partial charge in [-0.15, -0.1) is 0 Å². The second-order valence-corrected chi connectivity index (χ2v) is 9.70. The number of carbonyl (C=O) groups is 1. The maximum absolute atomic E-state index is 11.0. The monoisotopic (exact) mass is 466 g/mol. The van der Waals surface area contributed by atoms with Crippen molar-refractivity contribution in [3.8, 4) is 11.3 Å². The second kappa shape index (κ2) is 8.74. The number of ether oxygens (including phenoxy) is 3. The largest absolute Gasteiger partial charge is 0.388 e. The summed E-state index contributed by atoms with van der Waals surface area (Å²) < 4.78 is 19.9. The van der Waals surface area contributed by atoms with E-state index in [1.165, 1.54) is 0 Å². The number of pyridine rings is 2. The predicted octanol–water partition coefficient (Wildman–Crippen LogP) is 2.68. The molecule has 2 aliphatic heterocycles. The fraction of sp³-hybridized carbons (Fsp3) is 0.480. The van der Waals surface area contributed by atoms with Crippen LogP contribution in [0.3, 0.4) is 0 Å². The number of nitrogens with zero attached hydrogens (tertiary/aromatic N) is 3. The Labute approximate surface area is 198 Å². The van der Waals surface area contributed by atoms with Crippen molar-refractivity contribution in [3.63, 3.8) is 0 Å². The number of hydrogen-bond acceptors (Lipinski definition) is 7. The third-order valence-electron chi connectivity index (χ3n) is 6.44. The van der Waals surface area contributed by atoms with Crippen molar-refractivity contribution in [3.05, 3.63) is 41.3 Å². The minimum Gasteiger partial charge on any atom is -0.388 e. The highest BCUT2D eigenvalue weighted by molar-refractivity contribution is 5.97. The van der Waals surface area contributed by atoms with E-state index in [1.54, 1.807) is 20.0 Å². The highest BCUT2D eigenvalue weighted by Crippen LogP contribution is 2.42. The Morgan fingerprint density at radius 1 is 1.35 bits per heavy atom. The lowest BCUT2D eigenvalue weighted by atomic mass is 9.87. The van der Waals surface area contributed by atoms with Crippen LogP contribution in [0.4, 0.5) is 5.82 Å². The zero-order valence-electron chi connectivity index (χ0n) is 19.8. The molecule has 2 aliphatic rings. The highest BCUT2D eigenvalue weighted by atomic mass is 16.6. The summed E-state index contributed by atoms with van der Waals surface area (Å²) in [5.41, 5.74) is 4.28. The lowest BCUT2D eigenvalue weighted by Crippen LogP contribution is -2.38. The van der Waals surface area contributed by atoms with Gasteiger partial charge < -0.3 is 29.2 Å². The molecule has 34 heavy (non-hydrogen) atoms. The van der Waals surface area contributed by atoms with Crippen LogP contribution in [0, 0.1) is 0 Å². The van der Waals surface area contributed by atoms with Crippen LogP contribution in [-0.4, -0.2) is 58.1 Å². The maximum Gasteiger partial charge on any atom is 0.212 e. The van der Waals surface area contributed by atoms with E-state index in [9.17, 15) is 9.90 Å². The Kier molecular flexibility index (Phi) is 5.89. The van der Waals surface area contributed by atoms with Crippen molar-refractivity contribution in [2.45, 2.75) is 44.5 Å². The summed E-state index contributed by atoms with van der Waals surface area (Å²) >= 11 is 0. The zero-order chi connectivity index (χ0) is 23.9. The SMILES string of the molecule is Cn1cc(-c2cc(COCC(C)(C)O)c3c(n2)C2(CCOC2)OCC3)c2cc(NC=O)ncc21. The molecular formula is C25H30N4O5. The van der Waals surface area contributed by atoms with Gasteiger partial charge in [-0.25, -0.2) is 9.97 Å². The molecule has 0 bridgehead atoms. The third-order valence-corrected chi connectivity index (χ3v) is 6.44. The molecule has 2 N–H and O–H groups in total. The summed E-state index contributed by atoms with van der Waals surface area (Å²) in [6.45, 7) is 5.77. The van der Waals surface area contributed by atoms with Gasteiger partial charge in [0.05, 0.1) is 55.1 Å². The Morgan fingerprint density at radius 3 is 2.94 bits per heavy atom. The van der Waals surface area contributed by atoms with Crippen molar-refractivity contribution in [2.75, 3.05) is 31.7 Å². The minimum atomic E-state index is -0.913. The van der Waals surface area contributed by atoms with Gasteiger partial charge in [-0.05, 0) is 43.5 Å². The molecule has 1 amide bonds. The molecule has 3 aromatic heterocycles. The molecule has 1 saturated heterocycles. The van der Waals surface area contributed by atoms with Gasteiger partial charge in [-0.1, -0.05) is 0 Å². The van der Waals surface area contributed by atoms with Crippen LogP contribution in [0.25, 0.3) is 22.2 Å². The van der Waals surface area contributed by atoms with Gasteiger partial charge in [0, 0.05) is 37.2 Å². The number of aliphatic hydroxyl groups is 1. The quantitative estimate of drug-likeness (QED) is 0.516. The first kappa shape index (κ1) is 22.9. The van der Waals surface area contributed by atoms with Crippen LogP contribution >= 0.6 is 0 Å². The number of nitrogens with one attached hydrogen (secondary N) is 1. The molecule has 0 saturated carbocycles. The summed E-state index contributed by atoms with van der Waals surface area (Å²) in [6.07, 6.45) is 5.89. The average Bonchev–Trinajstić information content (AvgIpc) is 3.39. The van der Waals surface area contributed by atoms with E-state index in [-0.39, 0.29) is 6.61 Å². The fourth-order valence-corrected chi connectivity index (χ4v) is 4.84. The second-order valence-electron chi connectivity index (χ2n) is 9.70. The van der Waals surface area contributed by atoms with E-state index in [0.29, 0.717) is 38.7 Å². The summed E-state index contributed by atoms with van der Waals surface area (Å²) in [6, 6.07) is 3.93. The minimum absolute atomic E-state index is 0.227. The van der Waals surface area contributed by atoms with Crippen LogP contribution in [0.1, 0.15) is 37.1 Å². The van der Waals surface area contributed by atoms with Gasteiger partial charge in [0.25, 0.3) is 0 Å². The normalized spacial score (nSPS) is 20.1. The molecule has 0 aromatic carbocycles. The number of amides is 1. The Balaban J connectivity index is 1.65. The number of rotatable bonds is 7. The number of anilines is 1. The van der Waals surface area contributed by atoms with Gasteiger partial charge in [0.15, 0.2) is 0 Å². The van der Waals surface area contributed by atoms with E-state index in [4.69, 9.17) is 19.2 Å². The summed E-state index contributed by atoms with van der Waals surface area (Å²) in [5.74, 6) is 0.477. The lowest BCUT2D eigenvalue weighted by molar-refractivity contribution is -0.105. The molecule has 0 aliphatic carbocycles. The van der Waals surface area contributed by atoms with Crippen LogP contribution in [0.5, 0.6) is 0 Å². The first-order valence-corrected chi connectivity index (χ1v) is 11.5. The molecule has 1 spiro atoms. The maximum atomic E-state index is 11.0. The smallest absolute Gasteiger partial charge is 0.212 e. The van der Waals surface area contributed by atoms with Gasteiger partial charge in [0.2, 0.25) is 6.41 Å². The average molecular weight is 467 g/mol. The van der Waals surface area contributed by atoms with E-state index < -0.39 is 11.2 Å². The highest BCUT2D eigenvalue weighted by Gasteiger charge is 2.44. The Bertz CT molecular complexity index is 1220. The standard InChI is InChI=1S/C25H30N4O5/c1-24(2,31)13-33-12-16-8-20(28-23-17(16)4-6-34-25(23)5-7-32-14-25)19-11-29(3)21-10-26-22(27-15-30)9-18(19)21/h8-11,15,31H,4-7,12-14H2,1-3H3,(H,26,27,30). The number of hydrogen-bond donors (Lipinski definition) is 2. The van der Waals surface area contributed by atoms with E-state index >= 15 is 0 Å². The number of fused-ring (bicyclic) bond motifs is 3. The molecule has 5 heterocycles. The van der Waals surface area contributed by atoms with Crippen LogP contribution in [0.2, 0.25) is 0 Å². The van der Waals surface area contributed by atoms with Crippen molar-refractivity contribution >= 4 is 23.1 Å². The lowest BCUT2D eigenvalue weighted by Gasteiger charge is -2.35. The predicted molar refractivity (Wildman–Crippen MR) is 126 cm³/mol. The molecule has 1 unspecified atom stereocenters. The molecule has 1 atom stereocenters. The van der Waals surface area contributed by atoms with Crippen molar-refractivity contribution in [1.29, 1.82) is 0 Å². The Hall–Kier alpha value is -2.85. The van der Waals surface area contributed by atoms with Crippen LogP contribution in [0.15, 0.2) is 24.5 Å². The molecule has 3 aromatic rings. The summed E-state index contributed by atoms with van der Waals surface area (Å²) in [7, 11) is 1.96. The Morgan fingerprint density at radius 2 is 2.21 bits per heavy atom. The summed E-state index contributed by atoms with van der Waals surface area (Å²) in [5, 5.41) is 13.7. The van der Waals surface area contributed by atoms with E-state index in [0.717, 1.165) is 51.8 Å². The van der Waals surface area contributed by atoms with Crippen molar-refractivity contribution in [2.24, 2.45) is 7.05 Å². The van der Waals surface area contributed by atoms with E-state index in [1.807, 2.05) is 23.9 Å². The van der Waals surface area contributed by atoms with Crippen molar-refractivity contribution in [1.82, 2.24) is 14.5 Å². The first-order chi connectivity index (χ1) is 16.3. The molecular weight excluding hydrogens is 436 g/mol. The molecule has 180 valence electrons. The molecule has 5 rings (SSSR count). The van der Waals surface area contributed by atoms with Crippen LogP contribution < -0.4 is 5.32 Å². The number of aromatic nitrogens is 3. The van der Waals surface area contributed by atoms with E-state index in [2.05, 4.69) is 16.4 Å². The summed E-state index contributed by atoms with van der Waals surface area (Å²) in [4.78, 5) is 20.4. The zero-order valence-corrected chi connectivity index (χ0v) is 19.8. The first-order valence-electron chi connectivity index (χ1n) is 11.5. The van der Waals surface area contributed by atoms with Gasteiger partial charge in [0.1, 0.15) is 11.4 Å². The van der Waals surface area contributed by atoms with Gasteiger partial charge >= 0.3 is 0 Å². The number of aryl methyl sites for hydroxylation is 1. The molecule has 9 heteroatoms. The number of carbonyl (C=O) groups excluding carboxylic acids is 1. The van der Waals surface area contributed by atoms with Gasteiger partial charge in [-0.2, -0.15) is 0 Å². The van der Waals surface area contributed by atoms with Gasteiger partial charge in [-0.3, -0.25) is 4.79 Å². The molecule has 9 nitrogen and oxygen atoms in total. The third kappa shape index (κ3) is 4.20. The molecule has 1 fully saturated rings. The molecule has 0 radical (unpaired) electrons. The van der Waals surface area contributed by atoms with Crippen LogP contribution in [-0.2, 0) is 44.7 Å².